The van der Waals surface area contributed by atoms with Gasteiger partial charge in [0, 0.05) is 22.7 Å². The van der Waals surface area contributed by atoms with Crippen molar-refractivity contribution < 1.29 is 22.5 Å². The predicted molar refractivity (Wildman–Crippen MR) is 151 cm³/mol. The molecule has 39 heavy (non-hydrogen) atoms. The summed E-state index contributed by atoms with van der Waals surface area (Å²) in [6.07, 6.45) is 1.63. The molecule has 1 aliphatic rings. The van der Waals surface area contributed by atoms with Crippen LogP contribution in [0, 0.1) is 6.92 Å². The van der Waals surface area contributed by atoms with Crippen molar-refractivity contribution in [3.63, 3.8) is 0 Å². The lowest BCUT2D eigenvalue weighted by molar-refractivity contribution is -0.146. The molecule has 0 radical (unpaired) electrons. The Morgan fingerprint density at radius 1 is 1.00 bits per heavy atom. The Kier molecular flexibility index (Phi) is 7.62. The molecule has 1 saturated carbocycles. The molecule has 5 rings (SSSR count). The van der Waals surface area contributed by atoms with Crippen LogP contribution >= 0.6 is 11.6 Å². The second-order valence-corrected chi connectivity index (χ2v) is 11.9. The molecule has 0 saturated heterocycles. The molecule has 1 fully saturated rings. The fourth-order valence-electron chi connectivity index (χ4n) is 4.68. The van der Waals surface area contributed by atoms with Gasteiger partial charge in [0.2, 0.25) is 10.0 Å². The summed E-state index contributed by atoms with van der Waals surface area (Å²) in [6.45, 7) is 4.03. The Balaban J connectivity index is 1.29. The number of carbonyl (C=O) groups is 1. The van der Waals surface area contributed by atoms with Gasteiger partial charge in [-0.1, -0.05) is 83.5 Å². The smallest absolute Gasteiger partial charge is 0.316 e. The molecule has 1 aromatic heterocycles. The van der Waals surface area contributed by atoms with Crippen molar-refractivity contribution in [3.05, 3.63) is 100 Å². The summed E-state index contributed by atoms with van der Waals surface area (Å²) in [7, 11) is -3.64. The number of ether oxygens (including phenoxy) is 1. The number of aryl methyl sites for hydroxylation is 1. The van der Waals surface area contributed by atoms with Gasteiger partial charge in [-0.2, -0.15) is 0 Å². The van der Waals surface area contributed by atoms with Gasteiger partial charge in [0.05, 0.1) is 23.5 Å². The predicted octanol–water partition coefficient (Wildman–Crippen LogP) is 6.18. The van der Waals surface area contributed by atoms with Crippen LogP contribution in [0.1, 0.15) is 42.1 Å². The standard InChI is InChI=1S/C30H29ClN2O5S/c1-3-37-29(34)30(16-17-30)25-14-12-22(13-15-25)21-8-10-23(11-9-21)28-26(20(2)33-38-28)18-32-39(35,36)19-24-6-4-5-7-27(24)31/h4-15,32H,3,16-19H2,1-2H3. The minimum Gasteiger partial charge on any atom is -0.465 e. The topological polar surface area (TPSA) is 98.5 Å². The third-order valence-corrected chi connectivity index (χ3v) is 8.73. The molecule has 4 aromatic rings. The van der Waals surface area contributed by atoms with Crippen LogP contribution in [-0.4, -0.2) is 26.2 Å². The van der Waals surface area contributed by atoms with Gasteiger partial charge in [0.1, 0.15) is 0 Å². The second kappa shape index (κ2) is 11.0. The number of nitrogens with one attached hydrogen (secondary N) is 1. The summed E-state index contributed by atoms with van der Waals surface area (Å²) in [4.78, 5) is 12.4. The van der Waals surface area contributed by atoms with Gasteiger partial charge in [0.25, 0.3) is 0 Å². The van der Waals surface area contributed by atoms with E-state index >= 15 is 0 Å². The molecule has 0 unspecified atom stereocenters. The SMILES string of the molecule is CCOC(=O)C1(c2ccc(-c3ccc(-c4onc(C)c4CNS(=O)(=O)Cc4ccccc4Cl)cc3)cc2)CC1. The number of halogens is 1. The van der Waals surface area contributed by atoms with Crippen LogP contribution in [0.25, 0.3) is 22.5 Å². The molecule has 202 valence electrons. The number of carbonyl (C=O) groups excluding carboxylic acids is 1. The van der Waals surface area contributed by atoms with E-state index in [0.717, 1.165) is 35.1 Å². The van der Waals surface area contributed by atoms with Crippen molar-refractivity contribution in [2.24, 2.45) is 0 Å². The minimum absolute atomic E-state index is 0.0445. The van der Waals surface area contributed by atoms with Crippen LogP contribution in [0.5, 0.6) is 0 Å². The Labute approximate surface area is 233 Å². The summed E-state index contributed by atoms with van der Waals surface area (Å²) in [5.74, 6) is 0.146. The molecule has 0 aliphatic heterocycles. The van der Waals surface area contributed by atoms with Crippen molar-refractivity contribution in [2.45, 2.75) is 44.4 Å². The van der Waals surface area contributed by atoms with Crippen molar-refractivity contribution >= 4 is 27.6 Å². The van der Waals surface area contributed by atoms with E-state index in [1.807, 2.05) is 55.5 Å². The van der Waals surface area contributed by atoms with E-state index in [0.29, 0.717) is 34.2 Å². The summed E-state index contributed by atoms with van der Waals surface area (Å²) in [6, 6.07) is 22.7. The zero-order valence-corrected chi connectivity index (χ0v) is 23.3. The highest BCUT2D eigenvalue weighted by molar-refractivity contribution is 7.88. The Morgan fingerprint density at radius 3 is 2.23 bits per heavy atom. The largest absolute Gasteiger partial charge is 0.465 e. The van der Waals surface area contributed by atoms with E-state index in [-0.39, 0.29) is 18.3 Å². The summed E-state index contributed by atoms with van der Waals surface area (Å²) < 4.78 is 38.9. The quantitative estimate of drug-likeness (QED) is 0.231. The van der Waals surface area contributed by atoms with Crippen LogP contribution in [0.3, 0.4) is 0 Å². The van der Waals surface area contributed by atoms with E-state index < -0.39 is 15.4 Å². The Morgan fingerprint density at radius 2 is 1.62 bits per heavy atom. The van der Waals surface area contributed by atoms with Crippen LogP contribution in [0.4, 0.5) is 0 Å². The third kappa shape index (κ3) is 5.78. The average Bonchev–Trinajstić information content (AvgIpc) is 3.66. The van der Waals surface area contributed by atoms with Gasteiger partial charge in [-0.05, 0) is 55.0 Å². The number of esters is 1. The second-order valence-electron chi connectivity index (χ2n) is 9.70. The van der Waals surface area contributed by atoms with Crippen molar-refractivity contribution in [1.82, 2.24) is 9.88 Å². The fourth-order valence-corrected chi connectivity index (χ4v) is 6.09. The van der Waals surface area contributed by atoms with Crippen LogP contribution < -0.4 is 4.72 Å². The first-order valence-electron chi connectivity index (χ1n) is 12.8. The summed E-state index contributed by atoms with van der Waals surface area (Å²) in [5, 5.41) is 4.48. The van der Waals surface area contributed by atoms with Crippen LogP contribution in [0.2, 0.25) is 5.02 Å². The van der Waals surface area contributed by atoms with E-state index in [9.17, 15) is 13.2 Å². The molecular weight excluding hydrogens is 536 g/mol. The highest BCUT2D eigenvalue weighted by atomic mass is 35.5. The Bertz CT molecular complexity index is 1590. The highest BCUT2D eigenvalue weighted by Crippen LogP contribution is 2.49. The van der Waals surface area contributed by atoms with Crippen molar-refractivity contribution in [2.75, 3.05) is 6.61 Å². The first-order valence-corrected chi connectivity index (χ1v) is 14.8. The van der Waals surface area contributed by atoms with Gasteiger partial charge < -0.3 is 9.26 Å². The van der Waals surface area contributed by atoms with Crippen molar-refractivity contribution in [3.8, 4) is 22.5 Å². The molecule has 1 heterocycles. The molecular formula is C30H29ClN2O5S. The number of aromatic nitrogens is 1. The van der Waals surface area contributed by atoms with Gasteiger partial charge >= 0.3 is 5.97 Å². The molecule has 0 atom stereocenters. The fraction of sp³-hybridized carbons (Fsp3) is 0.267. The number of sulfonamides is 1. The first kappa shape index (κ1) is 27.1. The maximum atomic E-state index is 12.7. The van der Waals surface area contributed by atoms with Gasteiger partial charge in [-0.15, -0.1) is 0 Å². The molecule has 9 heteroatoms. The molecule has 1 aliphatic carbocycles. The summed E-state index contributed by atoms with van der Waals surface area (Å²) >= 11 is 6.14. The zero-order valence-electron chi connectivity index (χ0n) is 21.7. The van der Waals surface area contributed by atoms with Crippen LogP contribution in [0.15, 0.2) is 77.3 Å². The molecule has 7 nitrogen and oxygen atoms in total. The van der Waals surface area contributed by atoms with E-state index in [2.05, 4.69) is 9.88 Å². The maximum absolute atomic E-state index is 12.7. The highest BCUT2D eigenvalue weighted by Gasteiger charge is 2.52. The van der Waals surface area contributed by atoms with Crippen molar-refractivity contribution in [1.29, 1.82) is 0 Å². The van der Waals surface area contributed by atoms with Gasteiger partial charge in [-0.3, -0.25) is 4.79 Å². The molecule has 0 amide bonds. The van der Waals surface area contributed by atoms with E-state index in [1.54, 1.807) is 31.2 Å². The Hall–Kier alpha value is -3.46. The van der Waals surface area contributed by atoms with Gasteiger partial charge in [0.15, 0.2) is 5.76 Å². The molecule has 3 aromatic carbocycles. The van der Waals surface area contributed by atoms with Gasteiger partial charge in [-0.25, -0.2) is 13.1 Å². The number of rotatable bonds is 10. The third-order valence-electron chi connectivity index (χ3n) is 7.09. The van der Waals surface area contributed by atoms with E-state index in [1.165, 1.54) is 0 Å². The average molecular weight is 565 g/mol. The number of hydrogen-bond acceptors (Lipinski definition) is 6. The molecule has 0 bridgehead atoms. The van der Waals surface area contributed by atoms with Crippen LogP contribution in [-0.2, 0) is 37.3 Å². The zero-order chi connectivity index (χ0) is 27.6. The lowest BCUT2D eigenvalue weighted by atomic mass is 9.93. The lowest BCUT2D eigenvalue weighted by Gasteiger charge is -2.14. The summed E-state index contributed by atoms with van der Waals surface area (Å²) in [5.41, 5.74) is 5.12. The maximum Gasteiger partial charge on any atom is 0.316 e. The van der Waals surface area contributed by atoms with E-state index in [4.69, 9.17) is 20.9 Å². The molecule has 0 spiro atoms. The number of benzene rings is 3. The first-order chi connectivity index (χ1) is 18.7. The monoisotopic (exact) mass is 564 g/mol. The molecule has 1 N–H and O–H groups in total. The minimum atomic E-state index is -3.64. The normalized spacial score (nSPS) is 14.2. The number of nitrogens with zero attached hydrogens (tertiary/aromatic N) is 1. The number of hydrogen-bond donors (Lipinski definition) is 1. The lowest BCUT2D eigenvalue weighted by Crippen LogP contribution is -2.25.